The van der Waals surface area contributed by atoms with E-state index in [0.717, 1.165) is 15.8 Å². The first-order valence-corrected chi connectivity index (χ1v) is 10.8. The minimum atomic E-state index is -0.446. The molecule has 0 aliphatic heterocycles. The van der Waals surface area contributed by atoms with Gasteiger partial charge in [0.1, 0.15) is 10.9 Å². The van der Waals surface area contributed by atoms with Gasteiger partial charge in [-0.15, -0.1) is 22.9 Å². The summed E-state index contributed by atoms with van der Waals surface area (Å²) in [7, 11) is 0. The van der Waals surface area contributed by atoms with Crippen LogP contribution in [0.3, 0.4) is 0 Å². The van der Waals surface area contributed by atoms with E-state index in [4.69, 9.17) is 23.2 Å². The number of carbonyl (C=O) groups is 3. The van der Waals surface area contributed by atoms with E-state index < -0.39 is 11.8 Å². The molecule has 0 spiro atoms. The Bertz CT molecular complexity index is 1100. The number of rotatable bonds is 7. The van der Waals surface area contributed by atoms with E-state index in [-0.39, 0.29) is 18.3 Å². The number of alkyl halides is 1. The van der Waals surface area contributed by atoms with Crippen LogP contribution in [-0.2, 0) is 16.1 Å². The summed E-state index contributed by atoms with van der Waals surface area (Å²) in [4.78, 5) is 36.8. The molecular weight excluding hydrogens is 445 g/mol. The van der Waals surface area contributed by atoms with E-state index >= 15 is 0 Å². The van der Waals surface area contributed by atoms with Crippen LogP contribution in [0.25, 0.3) is 10.1 Å². The molecule has 2 aromatic carbocycles. The van der Waals surface area contributed by atoms with Gasteiger partial charge >= 0.3 is 0 Å². The third-order valence-corrected chi connectivity index (χ3v) is 5.84. The molecule has 3 rings (SSSR count). The Labute approximate surface area is 187 Å². The van der Waals surface area contributed by atoms with E-state index in [0.29, 0.717) is 27.5 Å². The minimum Gasteiger partial charge on any atom is -0.350 e. The fourth-order valence-corrected chi connectivity index (χ4v) is 4.09. The molecule has 0 bridgehead atoms. The zero-order valence-electron chi connectivity index (χ0n) is 16.1. The van der Waals surface area contributed by atoms with Crippen molar-refractivity contribution in [2.75, 3.05) is 17.7 Å². The molecule has 0 aliphatic carbocycles. The molecule has 30 heavy (non-hydrogen) atoms. The normalized spacial score (nSPS) is 10.6. The lowest BCUT2D eigenvalue weighted by Gasteiger charge is -2.09. The maximum atomic E-state index is 12.9. The summed E-state index contributed by atoms with van der Waals surface area (Å²) in [5, 5.41) is 9.76. The maximum absolute atomic E-state index is 12.9. The second-order valence-electron chi connectivity index (χ2n) is 6.57. The van der Waals surface area contributed by atoms with Gasteiger partial charge in [-0.05, 0) is 36.8 Å². The highest BCUT2D eigenvalue weighted by atomic mass is 35.5. The summed E-state index contributed by atoms with van der Waals surface area (Å²) in [5.41, 5.74) is 2.19. The van der Waals surface area contributed by atoms with Crippen LogP contribution in [0.2, 0.25) is 5.02 Å². The number of nitrogens with one attached hydrogen (secondary N) is 3. The van der Waals surface area contributed by atoms with E-state index in [1.54, 1.807) is 12.1 Å². The Morgan fingerprint density at radius 3 is 2.43 bits per heavy atom. The van der Waals surface area contributed by atoms with Crippen molar-refractivity contribution in [3.8, 4) is 0 Å². The number of thiophene rings is 1. The van der Waals surface area contributed by atoms with Crippen molar-refractivity contribution in [1.29, 1.82) is 0 Å². The van der Waals surface area contributed by atoms with Gasteiger partial charge in [-0.3, -0.25) is 14.4 Å². The van der Waals surface area contributed by atoms with Crippen LogP contribution in [0.1, 0.15) is 21.5 Å². The number of aryl methyl sites for hydroxylation is 1. The summed E-state index contributed by atoms with van der Waals surface area (Å²) in [6, 6.07) is 12.8. The number of amides is 3. The third kappa shape index (κ3) is 5.50. The molecule has 0 aliphatic rings. The Hall–Kier alpha value is -2.61. The number of hydrogen-bond acceptors (Lipinski definition) is 4. The number of carbonyl (C=O) groups excluding carboxylic acids is 3. The van der Waals surface area contributed by atoms with Gasteiger partial charge in [0.25, 0.3) is 5.91 Å². The van der Waals surface area contributed by atoms with Crippen molar-refractivity contribution < 1.29 is 14.4 Å². The lowest BCUT2D eigenvalue weighted by molar-refractivity contribution is -0.120. The molecule has 0 fully saturated rings. The number of benzene rings is 2. The first-order valence-electron chi connectivity index (χ1n) is 9.05. The van der Waals surface area contributed by atoms with Crippen LogP contribution >= 0.6 is 34.5 Å². The fraction of sp³-hybridized carbons (Fsp3) is 0.190. The van der Waals surface area contributed by atoms with Gasteiger partial charge in [0.2, 0.25) is 11.8 Å². The van der Waals surface area contributed by atoms with Crippen LogP contribution < -0.4 is 16.0 Å². The van der Waals surface area contributed by atoms with Crippen molar-refractivity contribution in [3.63, 3.8) is 0 Å². The molecule has 0 saturated carbocycles. The molecule has 0 unspecified atom stereocenters. The predicted molar refractivity (Wildman–Crippen MR) is 122 cm³/mol. The fourth-order valence-electron chi connectivity index (χ4n) is 2.80. The zero-order chi connectivity index (χ0) is 21.7. The number of anilines is 1. The summed E-state index contributed by atoms with van der Waals surface area (Å²) >= 11 is 12.7. The SMILES string of the molecule is Cc1ccc2sc(NC(=O)CCl)c(C(=O)NCC(=O)NCc3ccc(Cl)cc3)c2c1. The highest BCUT2D eigenvalue weighted by Crippen LogP contribution is 2.36. The molecule has 1 heterocycles. The molecule has 156 valence electrons. The number of halogens is 2. The van der Waals surface area contributed by atoms with Gasteiger partial charge < -0.3 is 16.0 Å². The molecule has 3 N–H and O–H groups in total. The maximum Gasteiger partial charge on any atom is 0.255 e. The lowest BCUT2D eigenvalue weighted by Crippen LogP contribution is -2.36. The second-order valence-corrected chi connectivity index (χ2v) is 8.33. The summed E-state index contributed by atoms with van der Waals surface area (Å²) in [5.74, 6) is -1.41. The average Bonchev–Trinajstić information content (AvgIpc) is 3.08. The smallest absolute Gasteiger partial charge is 0.255 e. The van der Waals surface area contributed by atoms with Gasteiger partial charge in [-0.1, -0.05) is 35.4 Å². The van der Waals surface area contributed by atoms with Crippen molar-refractivity contribution in [1.82, 2.24) is 10.6 Å². The van der Waals surface area contributed by atoms with Gasteiger partial charge in [0.15, 0.2) is 0 Å². The Morgan fingerprint density at radius 2 is 1.73 bits per heavy atom. The van der Waals surface area contributed by atoms with Crippen LogP contribution in [0, 0.1) is 6.92 Å². The van der Waals surface area contributed by atoms with Crippen molar-refractivity contribution in [2.45, 2.75) is 13.5 Å². The molecule has 0 saturated heterocycles. The highest BCUT2D eigenvalue weighted by molar-refractivity contribution is 7.23. The molecule has 3 amide bonds. The quantitative estimate of drug-likeness (QED) is 0.461. The van der Waals surface area contributed by atoms with Crippen LogP contribution in [-0.4, -0.2) is 30.1 Å². The molecule has 6 nitrogen and oxygen atoms in total. The van der Waals surface area contributed by atoms with Crippen molar-refractivity contribution in [3.05, 3.63) is 64.2 Å². The van der Waals surface area contributed by atoms with Crippen LogP contribution in [0.5, 0.6) is 0 Å². The molecule has 9 heteroatoms. The predicted octanol–water partition coefficient (Wildman–Crippen LogP) is 4.09. The zero-order valence-corrected chi connectivity index (χ0v) is 18.4. The highest BCUT2D eigenvalue weighted by Gasteiger charge is 2.21. The van der Waals surface area contributed by atoms with Crippen LogP contribution in [0.15, 0.2) is 42.5 Å². The van der Waals surface area contributed by atoms with E-state index in [1.165, 1.54) is 11.3 Å². The largest absolute Gasteiger partial charge is 0.350 e. The van der Waals surface area contributed by atoms with E-state index in [1.807, 2.05) is 37.3 Å². The lowest BCUT2D eigenvalue weighted by atomic mass is 10.1. The Morgan fingerprint density at radius 1 is 1.00 bits per heavy atom. The van der Waals surface area contributed by atoms with E-state index in [9.17, 15) is 14.4 Å². The number of fused-ring (bicyclic) bond motifs is 1. The van der Waals surface area contributed by atoms with Crippen molar-refractivity contribution in [2.24, 2.45) is 0 Å². The van der Waals surface area contributed by atoms with E-state index in [2.05, 4.69) is 16.0 Å². The van der Waals surface area contributed by atoms with Crippen LogP contribution in [0.4, 0.5) is 5.00 Å². The van der Waals surface area contributed by atoms with Crippen molar-refractivity contribution >= 4 is 67.3 Å². The molecular formula is C21H19Cl2N3O3S. The van der Waals surface area contributed by atoms with Gasteiger partial charge in [-0.25, -0.2) is 0 Å². The summed E-state index contributed by atoms with van der Waals surface area (Å²) in [6.45, 7) is 2.04. The van der Waals surface area contributed by atoms with Gasteiger partial charge in [0.05, 0.1) is 12.1 Å². The molecule has 3 aromatic rings. The molecule has 0 atom stereocenters. The Balaban J connectivity index is 1.69. The van der Waals surface area contributed by atoms with Gasteiger partial charge in [0, 0.05) is 21.7 Å². The molecule has 0 radical (unpaired) electrons. The standard InChI is InChI=1S/C21H19Cl2N3O3S/c1-12-2-7-16-15(8-12)19(21(30-16)26-17(27)9-22)20(29)25-11-18(28)24-10-13-3-5-14(23)6-4-13/h2-8H,9-11H2,1H3,(H,24,28)(H,25,29)(H,26,27). The molecule has 1 aromatic heterocycles. The summed E-state index contributed by atoms with van der Waals surface area (Å²) in [6.07, 6.45) is 0. The third-order valence-electron chi connectivity index (χ3n) is 4.26. The monoisotopic (exact) mass is 463 g/mol. The number of hydrogen-bond donors (Lipinski definition) is 3. The Kier molecular flexibility index (Phi) is 7.31. The van der Waals surface area contributed by atoms with Gasteiger partial charge in [-0.2, -0.15) is 0 Å². The first kappa shape index (κ1) is 22.1. The topological polar surface area (TPSA) is 87.3 Å². The average molecular weight is 464 g/mol. The summed E-state index contributed by atoms with van der Waals surface area (Å²) < 4.78 is 0.850. The minimum absolute atomic E-state index is 0.196. The second kappa shape index (κ2) is 9.93. The first-order chi connectivity index (χ1) is 14.4.